The maximum atomic E-state index is 12.2. The number of thioether (sulfide) groups is 1. The van der Waals surface area contributed by atoms with Gasteiger partial charge in [0.25, 0.3) is 0 Å². The van der Waals surface area contributed by atoms with Gasteiger partial charge in [-0.15, -0.1) is 10.2 Å². The Morgan fingerprint density at radius 1 is 1.00 bits per heavy atom. The quantitative estimate of drug-likeness (QED) is 0.495. The first kappa shape index (κ1) is 21.1. The fourth-order valence-electron chi connectivity index (χ4n) is 2.66. The van der Waals surface area contributed by atoms with Crippen LogP contribution in [-0.4, -0.2) is 32.3 Å². The number of aromatic nitrogens is 3. The van der Waals surface area contributed by atoms with E-state index in [1.165, 1.54) is 18.7 Å². The Morgan fingerprint density at radius 2 is 1.62 bits per heavy atom. The van der Waals surface area contributed by atoms with Gasteiger partial charge in [0.15, 0.2) is 11.0 Å². The normalized spacial score (nSPS) is 10.6. The highest BCUT2D eigenvalue weighted by atomic mass is 79.9. The van der Waals surface area contributed by atoms with Gasteiger partial charge in [-0.05, 0) is 55.5 Å². The van der Waals surface area contributed by atoms with E-state index in [1.807, 2.05) is 60.0 Å². The van der Waals surface area contributed by atoms with Crippen molar-refractivity contribution in [2.75, 3.05) is 16.4 Å². The number of halogens is 1. The lowest BCUT2D eigenvalue weighted by Gasteiger charge is -2.09. The van der Waals surface area contributed by atoms with Gasteiger partial charge in [0, 0.05) is 34.9 Å². The fraction of sp³-hybridized carbons (Fsp3) is 0.200. The zero-order valence-corrected chi connectivity index (χ0v) is 18.4. The van der Waals surface area contributed by atoms with E-state index in [9.17, 15) is 9.59 Å². The topological polar surface area (TPSA) is 88.9 Å². The molecule has 2 aromatic carbocycles. The van der Waals surface area contributed by atoms with Gasteiger partial charge in [-0.1, -0.05) is 27.7 Å². The van der Waals surface area contributed by atoms with Crippen LogP contribution in [0.2, 0.25) is 0 Å². The van der Waals surface area contributed by atoms with Crippen LogP contribution >= 0.6 is 27.7 Å². The molecule has 0 bridgehead atoms. The first-order valence-electron chi connectivity index (χ1n) is 8.95. The Kier molecular flexibility index (Phi) is 7.05. The summed E-state index contributed by atoms with van der Waals surface area (Å²) in [5.41, 5.74) is 2.36. The van der Waals surface area contributed by atoms with Crippen LogP contribution in [0.5, 0.6) is 0 Å². The number of carbonyl (C=O) groups is 2. The number of amides is 2. The summed E-state index contributed by atoms with van der Waals surface area (Å²) in [5, 5.41) is 14.8. The molecule has 0 aliphatic rings. The molecule has 0 spiro atoms. The second-order valence-electron chi connectivity index (χ2n) is 6.15. The molecule has 1 aromatic heterocycles. The van der Waals surface area contributed by atoms with Crippen molar-refractivity contribution < 1.29 is 9.59 Å². The van der Waals surface area contributed by atoms with Crippen LogP contribution < -0.4 is 10.6 Å². The Bertz CT molecular complexity index is 1000. The Labute approximate surface area is 181 Å². The number of carbonyl (C=O) groups excluding carboxylic acids is 2. The highest BCUT2D eigenvalue weighted by molar-refractivity contribution is 9.10. The van der Waals surface area contributed by atoms with E-state index in [4.69, 9.17) is 0 Å². The highest BCUT2D eigenvalue weighted by Crippen LogP contribution is 2.25. The van der Waals surface area contributed by atoms with Gasteiger partial charge in [0.2, 0.25) is 11.8 Å². The standard InChI is InChI=1S/C20H20BrN5O2S/c1-3-26-19(14-4-8-16(9-5-14)22-13(2)27)24-25-20(26)29-12-18(28)23-17-10-6-15(21)7-11-17/h4-11H,3,12H2,1-2H3,(H,22,27)(H,23,28). The average molecular weight is 474 g/mol. The summed E-state index contributed by atoms with van der Waals surface area (Å²) in [6, 6.07) is 14.8. The van der Waals surface area contributed by atoms with Crippen LogP contribution in [0, 0.1) is 0 Å². The number of nitrogens with zero attached hydrogens (tertiary/aromatic N) is 3. The second kappa shape index (κ2) is 9.71. The average Bonchev–Trinajstić information content (AvgIpc) is 3.11. The van der Waals surface area contributed by atoms with Gasteiger partial charge in [-0.2, -0.15) is 0 Å². The highest BCUT2D eigenvalue weighted by Gasteiger charge is 2.15. The molecule has 2 N–H and O–H groups in total. The number of nitrogens with one attached hydrogen (secondary N) is 2. The minimum Gasteiger partial charge on any atom is -0.326 e. The molecule has 0 fully saturated rings. The number of hydrogen-bond acceptors (Lipinski definition) is 5. The van der Waals surface area contributed by atoms with E-state index in [-0.39, 0.29) is 17.6 Å². The number of benzene rings is 2. The van der Waals surface area contributed by atoms with E-state index in [0.29, 0.717) is 11.7 Å². The number of rotatable bonds is 7. The lowest BCUT2D eigenvalue weighted by Crippen LogP contribution is -2.14. The molecule has 0 unspecified atom stereocenters. The van der Waals surface area contributed by atoms with Gasteiger partial charge in [-0.3, -0.25) is 9.59 Å². The molecule has 7 nitrogen and oxygen atoms in total. The minimum absolute atomic E-state index is 0.107. The van der Waals surface area contributed by atoms with Crippen molar-refractivity contribution in [3.8, 4) is 11.4 Å². The van der Waals surface area contributed by atoms with Gasteiger partial charge in [0.05, 0.1) is 5.75 Å². The van der Waals surface area contributed by atoms with Crippen LogP contribution in [0.4, 0.5) is 11.4 Å². The van der Waals surface area contributed by atoms with Crippen LogP contribution in [0.1, 0.15) is 13.8 Å². The van der Waals surface area contributed by atoms with E-state index in [0.717, 1.165) is 27.2 Å². The smallest absolute Gasteiger partial charge is 0.234 e. The predicted octanol–water partition coefficient (Wildman–Crippen LogP) is 4.42. The van der Waals surface area contributed by atoms with E-state index in [2.05, 4.69) is 36.8 Å². The molecule has 0 aliphatic carbocycles. The first-order chi connectivity index (χ1) is 14.0. The molecule has 0 saturated carbocycles. The Hall–Kier alpha value is -2.65. The summed E-state index contributed by atoms with van der Waals surface area (Å²) >= 11 is 4.71. The maximum Gasteiger partial charge on any atom is 0.234 e. The summed E-state index contributed by atoms with van der Waals surface area (Å²) in [4.78, 5) is 23.4. The first-order valence-corrected chi connectivity index (χ1v) is 10.7. The SMILES string of the molecule is CCn1c(SCC(=O)Nc2ccc(Br)cc2)nnc1-c1ccc(NC(C)=O)cc1. The summed E-state index contributed by atoms with van der Waals surface area (Å²) in [6.45, 7) is 4.15. The van der Waals surface area contributed by atoms with Gasteiger partial charge in [0.1, 0.15) is 0 Å². The lowest BCUT2D eigenvalue weighted by molar-refractivity contribution is -0.114. The third kappa shape index (κ3) is 5.68. The summed E-state index contributed by atoms with van der Waals surface area (Å²) in [5.74, 6) is 0.729. The van der Waals surface area contributed by atoms with Gasteiger partial charge < -0.3 is 15.2 Å². The molecular weight excluding hydrogens is 454 g/mol. The molecule has 0 radical (unpaired) electrons. The van der Waals surface area contributed by atoms with Crippen molar-refractivity contribution in [2.24, 2.45) is 0 Å². The van der Waals surface area contributed by atoms with Crippen LogP contribution in [-0.2, 0) is 16.1 Å². The molecule has 2 amide bonds. The van der Waals surface area contributed by atoms with Crippen molar-refractivity contribution in [3.05, 3.63) is 53.0 Å². The third-order valence-electron chi connectivity index (χ3n) is 3.96. The minimum atomic E-state index is -0.116. The van der Waals surface area contributed by atoms with Crippen molar-refractivity contribution in [2.45, 2.75) is 25.5 Å². The van der Waals surface area contributed by atoms with Crippen molar-refractivity contribution in [1.82, 2.24) is 14.8 Å². The molecule has 29 heavy (non-hydrogen) atoms. The summed E-state index contributed by atoms with van der Waals surface area (Å²) in [7, 11) is 0. The van der Waals surface area contributed by atoms with Crippen molar-refractivity contribution >= 4 is 50.9 Å². The lowest BCUT2D eigenvalue weighted by atomic mass is 10.2. The molecule has 0 aliphatic heterocycles. The predicted molar refractivity (Wildman–Crippen MR) is 119 cm³/mol. The summed E-state index contributed by atoms with van der Waals surface area (Å²) < 4.78 is 2.92. The monoisotopic (exact) mass is 473 g/mol. The molecule has 0 atom stereocenters. The van der Waals surface area contributed by atoms with E-state index in [1.54, 1.807) is 0 Å². The molecule has 150 valence electrons. The third-order valence-corrected chi connectivity index (χ3v) is 5.45. The zero-order valence-electron chi connectivity index (χ0n) is 16.0. The number of anilines is 2. The Balaban J connectivity index is 1.66. The summed E-state index contributed by atoms with van der Waals surface area (Å²) in [6.07, 6.45) is 0. The van der Waals surface area contributed by atoms with Crippen LogP contribution in [0.25, 0.3) is 11.4 Å². The number of hydrogen-bond donors (Lipinski definition) is 2. The zero-order chi connectivity index (χ0) is 20.8. The van der Waals surface area contributed by atoms with E-state index >= 15 is 0 Å². The molecule has 9 heteroatoms. The van der Waals surface area contributed by atoms with Crippen molar-refractivity contribution in [1.29, 1.82) is 0 Å². The molecule has 3 rings (SSSR count). The molecular formula is C20H20BrN5O2S. The molecule has 3 aromatic rings. The van der Waals surface area contributed by atoms with Crippen molar-refractivity contribution in [3.63, 3.8) is 0 Å². The molecule has 0 saturated heterocycles. The molecule has 1 heterocycles. The second-order valence-corrected chi connectivity index (χ2v) is 8.01. The fourth-order valence-corrected chi connectivity index (χ4v) is 3.73. The van der Waals surface area contributed by atoms with Crippen LogP contribution in [0.3, 0.4) is 0 Å². The largest absolute Gasteiger partial charge is 0.326 e. The van der Waals surface area contributed by atoms with Gasteiger partial charge in [-0.25, -0.2) is 0 Å². The van der Waals surface area contributed by atoms with Crippen LogP contribution in [0.15, 0.2) is 58.2 Å². The maximum absolute atomic E-state index is 12.2. The van der Waals surface area contributed by atoms with Gasteiger partial charge >= 0.3 is 0 Å². The van der Waals surface area contributed by atoms with E-state index < -0.39 is 0 Å². The Morgan fingerprint density at radius 3 is 2.24 bits per heavy atom.